The van der Waals surface area contributed by atoms with Gasteiger partial charge in [0.1, 0.15) is 5.60 Å². The highest BCUT2D eigenvalue weighted by Gasteiger charge is 2.15. The van der Waals surface area contributed by atoms with E-state index in [0.717, 1.165) is 24.2 Å². The molecule has 5 heteroatoms. The van der Waals surface area contributed by atoms with Crippen LogP contribution in [0.4, 0.5) is 0 Å². The molecule has 0 aromatic heterocycles. The lowest BCUT2D eigenvalue weighted by Crippen LogP contribution is -2.26. The van der Waals surface area contributed by atoms with Crippen molar-refractivity contribution in [3.8, 4) is 0 Å². The third-order valence-corrected chi connectivity index (χ3v) is 3.83. The molecule has 0 saturated carbocycles. The molecule has 2 rings (SSSR count). The highest BCUT2D eigenvalue weighted by atomic mass is 16.5. The normalized spacial score (nSPS) is 15.5. The Morgan fingerprint density at radius 2 is 1.96 bits per heavy atom. The van der Waals surface area contributed by atoms with Gasteiger partial charge in [0.15, 0.2) is 0 Å². The molecular weight excluding hydrogens is 292 g/mol. The van der Waals surface area contributed by atoms with Gasteiger partial charge >= 0.3 is 0 Å². The van der Waals surface area contributed by atoms with Crippen molar-refractivity contribution in [1.29, 1.82) is 0 Å². The Labute approximate surface area is 139 Å². The van der Waals surface area contributed by atoms with Crippen LogP contribution < -0.4 is 11.1 Å². The molecule has 5 nitrogen and oxygen atoms in total. The molecule has 0 amide bonds. The number of benzene rings is 1. The minimum Gasteiger partial charge on any atom is -0.462 e. The van der Waals surface area contributed by atoms with Crippen molar-refractivity contribution >= 4 is 6.47 Å². The molecule has 23 heavy (non-hydrogen) atoms. The van der Waals surface area contributed by atoms with E-state index in [1.54, 1.807) is 0 Å². The van der Waals surface area contributed by atoms with Crippen LogP contribution in [0.1, 0.15) is 56.2 Å². The number of carbonyl (C=O) groups is 1. The zero-order valence-corrected chi connectivity index (χ0v) is 14.5. The second kappa shape index (κ2) is 9.65. The lowest BCUT2D eigenvalue weighted by molar-refractivity contribution is -0.138. The van der Waals surface area contributed by atoms with Crippen LogP contribution >= 0.6 is 0 Å². The standard InChI is InChI=1S/C13H20N2O.C5H10O2/c14-8-13-7-11(1-2-12(13)9-16)10-3-5-15-6-4-10;1-5(2,3)7-4-6/h1-2,7,10,15-16H,3-6,8-9,14H2;4H,1-3H3. The van der Waals surface area contributed by atoms with Crippen LogP contribution in [-0.4, -0.2) is 30.3 Å². The Bertz CT molecular complexity index is 478. The van der Waals surface area contributed by atoms with E-state index in [0.29, 0.717) is 18.9 Å². The molecule has 0 radical (unpaired) electrons. The molecule has 1 aliphatic rings. The van der Waals surface area contributed by atoms with E-state index in [2.05, 4.69) is 22.2 Å². The van der Waals surface area contributed by atoms with Crippen LogP contribution in [0.25, 0.3) is 0 Å². The van der Waals surface area contributed by atoms with Crippen molar-refractivity contribution in [2.75, 3.05) is 13.1 Å². The highest BCUT2D eigenvalue weighted by molar-refractivity contribution is 5.37. The Morgan fingerprint density at radius 3 is 2.39 bits per heavy atom. The molecule has 0 unspecified atom stereocenters. The predicted octanol–water partition coefficient (Wildman–Crippen LogP) is 2.06. The van der Waals surface area contributed by atoms with Crippen LogP contribution in [0.2, 0.25) is 0 Å². The van der Waals surface area contributed by atoms with Gasteiger partial charge in [0.25, 0.3) is 6.47 Å². The van der Waals surface area contributed by atoms with Gasteiger partial charge in [0.05, 0.1) is 6.61 Å². The van der Waals surface area contributed by atoms with Gasteiger partial charge in [-0.3, -0.25) is 4.79 Å². The molecular formula is C18H30N2O3. The van der Waals surface area contributed by atoms with E-state index in [-0.39, 0.29) is 12.2 Å². The summed E-state index contributed by atoms with van der Waals surface area (Å²) in [4.78, 5) is 9.60. The molecule has 0 spiro atoms. The summed E-state index contributed by atoms with van der Waals surface area (Å²) < 4.78 is 4.55. The van der Waals surface area contributed by atoms with E-state index in [1.165, 1.54) is 18.4 Å². The topological polar surface area (TPSA) is 84.6 Å². The van der Waals surface area contributed by atoms with Crippen LogP contribution in [0.5, 0.6) is 0 Å². The van der Waals surface area contributed by atoms with Crippen molar-refractivity contribution in [3.63, 3.8) is 0 Å². The van der Waals surface area contributed by atoms with E-state index in [9.17, 15) is 9.90 Å². The van der Waals surface area contributed by atoms with Crippen molar-refractivity contribution in [2.24, 2.45) is 5.73 Å². The number of nitrogens with two attached hydrogens (primary N) is 1. The molecule has 1 aromatic rings. The smallest absolute Gasteiger partial charge is 0.293 e. The fourth-order valence-corrected chi connectivity index (χ4v) is 2.54. The first-order chi connectivity index (χ1) is 10.9. The fraction of sp³-hybridized carbons (Fsp3) is 0.611. The van der Waals surface area contributed by atoms with Crippen LogP contribution in [0.3, 0.4) is 0 Å². The third-order valence-electron chi connectivity index (χ3n) is 3.83. The summed E-state index contributed by atoms with van der Waals surface area (Å²) in [5.41, 5.74) is 8.80. The number of rotatable bonds is 4. The number of hydrogen-bond donors (Lipinski definition) is 3. The van der Waals surface area contributed by atoms with Gasteiger partial charge in [0, 0.05) is 6.54 Å². The van der Waals surface area contributed by atoms with Gasteiger partial charge in [-0.2, -0.15) is 0 Å². The SMILES string of the molecule is CC(C)(C)OC=O.NCc1cc(C2CCNCC2)ccc1CO. The number of nitrogens with one attached hydrogen (secondary N) is 1. The molecule has 1 saturated heterocycles. The van der Waals surface area contributed by atoms with E-state index in [1.807, 2.05) is 26.8 Å². The number of piperidine rings is 1. The number of carbonyl (C=O) groups excluding carboxylic acids is 1. The predicted molar refractivity (Wildman–Crippen MR) is 92.0 cm³/mol. The Balaban J connectivity index is 0.000000322. The number of aliphatic hydroxyl groups is 1. The maximum atomic E-state index is 9.60. The average molecular weight is 322 g/mol. The fourth-order valence-electron chi connectivity index (χ4n) is 2.54. The minimum atomic E-state index is -0.318. The molecule has 1 heterocycles. The van der Waals surface area contributed by atoms with E-state index < -0.39 is 0 Å². The van der Waals surface area contributed by atoms with Gasteiger partial charge in [-0.1, -0.05) is 18.2 Å². The summed E-state index contributed by atoms with van der Waals surface area (Å²) in [5, 5.41) is 12.6. The summed E-state index contributed by atoms with van der Waals surface area (Å²) in [5.74, 6) is 0.652. The zero-order valence-electron chi connectivity index (χ0n) is 14.5. The van der Waals surface area contributed by atoms with Gasteiger partial charge in [-0.25, -0.2) is 0 Å². The molecule has 0 bridgehead atoms. The van der Waals surface area contributed by atoms with Crippen molar-refractivity contribution in [1.82, 2.24) is 5.32 Å². The summed E-state index contributed by atoms with van der Waals surface area (Å²) in [6.45, 7) is 8.71. The maximum absolute atomic E-state index is 9.60. The second-order valence-corrected chi connectivity index (χ2v) is 6.74. The van der Waals surface area contributed by atoms with Crippen molar-refractivity contribution in [3.05, 3.63) is 34.9 Å². The van der Waals surface area contributed by atoms with Gasteiger partial charge in [-0.05, 0) is 69.3 Å². The third kappa shape index (κ3) is 7.12. The van der Waals surface area contributed by atoms with Crippen LogP contribution in [0, 0.1) is 0 Å². The monoisotopic (exact) mass is 322 g/mol. The van der Waals surface area contributed by atoms with Crippen LogP contribution in [0.15, 0.2) is 18.2 Å². The lowest BCUT2D eigenvalue weighted by Gasteiger charge is -2.23. The van der Waals surface area contributed by atoms with Crippen molar-refractivity contribution < 1.29 is 14.6 Å². The summed E-state index contributed by atoms with van der Waals surface area (Å²) >= 11 is 0. The Morgan fingerprint density at radius 1 is 1.30 bits per heavy atom. The summed E-state index contributed by atoms with van der Waals surface area (Å²) in [7, 11) is 0. The number of hydrogen-bond acceptors (Lipinski definition) is 5. The minimum absolute atomic E-state index is 0.0824. The van der Waals surface area contributed by atoms with E-state index >= 15 is 0 Å². The van der Waals surface area contributed by atoms with Crippen LogP contribution in [-0.2, 0) is 22.7 Å². The Hall–Kier alpha value is -1.43. The van der Waals surface area contributed by atoms with E-state index in [4.69, 9.17) is 5.73 Å². The van der Waals surface area contributed by atoms with Gasteiger partial charge in [-0.15, -0.1) is 0 Å². The first-order valence-corrected chi connectivity index (χ1v) is 8.16. The summed E-state index contributed by atoms with van der Waals surface area (Å²) in [6, 6.07) is 6.32. The molecule has 1 fully saturated rings. The molecule has 1 aliphatic heterocycles. The highest BCUT2D eigenvalue weighted by Crippen LogP contribution is 2.26. The zero-order chi connectivity index (χ0) is 17.3. The number of ether oxygens (including phenoxy) is 1. The largest absolute Gasteiger partial charge is 0.462 e. The average Bonchev–Trinajstić information content (AvgIpc) is 2.54. The van der Waals surface area contributed by atoms with Gasteiger partial charge in [0.2, 0.25) is 0 Å². The molecule has 0 atom stereocenters. The molecule has 4 N–H and O–H groups in total. The second-order valence-electron chi connectivity index (χ2n) is 6.74. The maximum Gasteiger partial charge on any atom is 0.293 e. The first kappa shape index (κ1) is 19.6. The molecule has 130 valence electrons. The van der Waals surface area contributed by atoms with Gasteiger partial charge < -0.3 is 20.9 Å². The Kier molecular flexibility index (Phi) is 8.23. The summed E-state index contributed by atoms with van der Waals surface area (Å²) in [6.07, 6.45) is 2.39. The molecule has 1 aromatic carbocycles. The van der Waals surface area contributed by atoms with Crippen molar-refractivity contribution in [2.45, 2.75) is 58.3 Å². The first-order valence-electron chi connectivity index (χ1n) is 8.16. The quantitative estimate of drug-likeness (QED) is 0.739. The molecule has 0 aliphatic carbocycles. The lowest BCUT2D eigenvalue weighted by atomic mass is 9.88. The number of aliphatic hydroxyl groups excluding tert-OH is 1.